The Hall–Kier alpha value is -2.04. The molecule has 3 rings (SSSR count). The van der Waals surface area contributed by atoms with Gasteiger partial charge < -0.3 is 14.9 Å². The number of carbonyl (C=O) groups excluding carboxylic acids is 2. The van der Waals surface area contributed by atoms with Gasteiger partial charge >= 0.3 is 0 Å². The van der Waals surface area contributed by atoms with Crippen LogP contribution in [0.4, 0.5) is 0 Å². The van der Waals surface area contributed by atoms with Crippen LogP contribution in [0.3, 0.4) is 0 Å². The first-order valence-corrected chi connectivity index (χ1v) is 9.82. The van der Waals surface area contributed by atoms with E-state index in [2.05, 4.69) is 0 Å². The Bertz CT molecular complexity index is 625. The van der Waals surface area contributed by atoms with Crippen LogP contribution >= 0.6 is 0 Å². The van der Waals surface area contributed by atoms with E-state index in [0.717, 1.165) is 38.8 Å². The van der Waals surface area contributed by atoms with Crippen LogP contribution < -0.4 is 0 Å². The highest BCUT2D eigenvalue weighted by Crippen LogP contribution is 2.30. The molecule has 0 aliphatic carbocycles. The van der Waals surface area contributed by atoms with Gasteiger partial charge in [-0.25, -0.2) is 0 Å². The third-order valence-corrected chi connectivity index (χ3v) is 5.82. The number of hydrogen-bond acceptors (Lipinski definition) is 3. The van der Waals surface area contributed by atoms with E-state index in [1.165, 1.54) is 5.56 Å². The lowest BCUT2D eigenvalue weighted by molar-refractivity contribution is -0.142. The third-order valence-electron chi connectivity index (χ3n) is 5.82. The molecule has 2 heterocycles. The Morgan fingerprint density at radius 3 is 2.00 bits per heavy atom. The van der Waals surface area contributed by atoms with Crippen LogP contribution in [-0.2, 0) is 9.59 Å². The summed E-state index contributed by atoms with van der Waals surface area (Å²) in [7, 11) is 0. The van der Waals surface area contributed by atoms with Gasteiger partial charge in [-0.2, -0.15) is 0 Å². The van der Waals surface area contributed by atoms with Gasteiger partial charge in [0.1, 0.15) is 5.75 Å². The Morgan fingerprint density at radius 2 is 1.46 bits per heavy atom. The lowest BCUT2D eigenvalue weighted by atomic mass is 9.88. The number of piperidine rings is 2. The second-order valence-corrected chi connectivity index (χ2v) is 7.95. The van der Waals surface area contributed by atoms with Gasteiger partial charge in [-0.15, -0.1) is 0 Å². The maximum Gasteiger partial charge on any atom is 0.225 e. The van der Waals surface area contributed by atoms with Gasteiger partial charge in [-0.1, -0.05) is 26.0 Å². The molecule has 1 aromatic carbocycles. The fraction of sp³-hybridized carbons (Fsp3) is 0.619. The van der Waals surface area contributed by atoms with Crippen molar-refractivity contribution < 1.29 is 14.7 Å². The van der Waals surface area contributed by atoms with E-state index in [1.807, 2.05) is 35.8 Å². The van der Waals surface area contributed by atoms with Crippen LogP contribution in [0.1, 0.15) is 51.0 Å². The van der Waals surface area contributed by atoms with E-state index < -0.39 is 0 Å². The molecule has 1 aromatic rings. The molecular formula is C21H30N2O3. The fourth-order valence-electron chi connectivity index (χ4n) is 4.15. The summed E-state index contributed by atoms with van der Waals surface area (Å²) in [5.74, 6) is 1.32. The fourth-order valence-corrected chi connectivity index (χ4v) is 4.15. The predicted molar refractivity (Wildman–Crippen MR) is 101 cm³/mol. The zero-order valence-electron chi connectivity index (χ0n) is 15.9. The monoisotopic (exact) mass is 358 g/mol. The van der Waals surface area contributed by atoms with Crippen molar-refractivity contribution in [3.63, 3.8) is 0 Å². The van der Waals surface area contributed by atoms with Crippen molar-refractivity contribution in [1.82, 2.24) is 9.80 Å². The van der Waals surface area contributed by atoms with Crippen LogP contribution in [0.5, 0.6) is 5.75 Å². The van der Waals surface area contributed by atoms with Crippen molar-refractivity contribution in [2.75, 3.05) is 26.2 Å². The minimum Gasteiger partial charge on any atom is -0.508 e. The van der Waals surface area contributed by atoms with Crippen LogP contribution in [0.2, 0.25) is 0 Å². The molecule has 5 nitrogen and oxygen atoms in total. The maximum absolute atomic E-state index is 12.8. The SMILES string of the molecule is CC(C)C(=O)N1CCC(C(=O)N2CCC(c3ccc(O)cc3)CC2)CC1. The van der Waals surface area contributed by atoms with Crippen molar-refractivity contribution in [3.8, 4) is 5.75 Å². The first-order valence-electron chi connectivity index (χ1n) is 9.82. The first kappa shape index (κ1) is 18.7. The summed E-state index contributed by atoms with van der Waals surface area (Å²) in [6.07, 6.45) is 3.52. The second kappa shape index (κ2) is 8.11. The molecule has 2 aliphatic rings. The van der Waals surface area contributed by atoms with Gasteiger partial charge in [0.25, 0.3) is 0 Å². The highest BCUT2D eigenvalue weighted by Gasteiger charge is 2.32. The van der Waals surface area contributed by atoms with E-state index in [1.54, 1.807) is 12.1 Å². The van der Waals surface area contributed by atoms with Gasteiger partial charge in [-0.3, -0.25) is 9.59 Å². The van der Waals surface area contributed by atoms with Crippen LogP contribution in [0.25, 0.3) is 0 Å². The molecule has 2 aliphatic heterocycles. The molecule has 0 bridgehead atoms. The van der Waals surface area contributed by atoms with Crippen molar-refractivity contribution in [1.29, 1.82) is 0 Å². The van der Waals surface area contributed by atoms with Gasteiger partial charge in [-0.05, 0) is 49.3 Å². The summed E-state index contributed by atoms with van der Waals surface area (Å²) in [6.45, 7) is 6.87. The molecule has 5 heteroatoms. The number of hydrogen-bond donors (Lipinski definition) is 1. The number of phenolic OH excluding ortho intramolecular Hbond substituents is 1. The molecular weight excluding hydrogens is 328 g/mol. The molecule has 0 aromatic heterocycles. The lowest BCUT2D eigenvalue weighted by Crippen LogP contribution is -2.47. The molecule has 26 heavy (non-hydrogen) atoms. The number of likely N-dealkylation sites (tertiary alicyclic amines) is 2. The molecule has 2 saturated heterocycles. The van der Waals surface area contributed by atoms with E-state index in [9.17, 15) is 14.7 Å². The minimum absolute atomic E-state index is 0.0289. The normalized spacial score (nSPS) is 19.8. The van der Waals surface area contributed by atoms with Crippen molar-refractivity contribution in [3.05, 3.63) is 29.8 Å². The first-order chi connectivity index (χ1) is 12.5. The number of rotatable bonds is 3. The minimum atomic E-state index is 0.0289. The van der Waals surface area contributed by atoms with Crippen molar-refractivity contribution in [2.45, 2.75) is 45.4 Å². The molecule has 142 valence electrons. The number of benzene rings is 1. The molecule has 0 unspecified atom stereocenters. The quantitative estimate of drug-likeness (QED) is 0.904. The summed E-state index contributed by atoms with van der Waals surface area (Å²) >= 11 is 0. The summed E-state index contributed by atoms with van der Waals surface area (Å²) in [5, 5.41) is 9.42. The van der Waals surface area contributed by atoms with Crippen LogP contribution in [-0.4, -0.2) is 52.9 Å². The second-order valence-electron chi connectivity index (χ2n) is 7.95. The summed E-state index contributed by atoms with van der Waals surface area (Å²) in [6, 6.07) is 7.44. The van der Waals surface area contributed by atoms with Gasteiger partial charge in [0.2, 0.25) is 11.8 Å². The average Bonchev–Trinajstić information content (AvgIpc) is 2.67. The Morgan fingerprint density at radius 1 is 0.923 bits per heavy atom. The molecule has 2 fully saturated rings. The number of nitrogens with zero attached hydrogens (tertiary/aromatic N) is 2. The summed E-state index contributed by atoms with van der Waals surface area (Å²) in [4.78, 5) is 28.8. The Balaban J connectivity index is 1.48. The molecule has 2 amide bonds. The predicted octanol–water partition coefficient (Wildman–Crippen LogP) is 2.99. The number of carbonyl (C=O) groups is 2. The topological polar surface area (TPSA) is 60.9 Å². The molecule has 0 radical (unpaired) electrons. The van der Waals surface area contributed by atoms with Crippen LogP contribution in [0, 0.1) is 11.8 Å². The van der Waals surface area contributed by atoms with Gasteiger partial charge in [0.15, 0.2) is 0 Å². The van der Waals surface area contributed by atoms with E-state index >= 15 is 0 Å². The van der Waals surface area contributed by atoms with Gasteiger partial charge in [0, 0.05) is 38.0 Å². The van der Waals surface area contributed by atoms with Crippen LogP contribution in [0.15, 0.2) is 24.3 Å². The Kier molecular flexibility index (Phi) is 5.84. The van der Waals surface area contributed by atoms with E-state index in [0.29, 0.717) is 24.8 Å². The van der Waals surface area contributed by atoms with E-state index in [4.69, 9.17) is 0 Å². The highest BCUT2D eigenvalue weighted by atomic mass is 16.3. The van der Waals surface area contributed by atoms with E-state index in [-0.39, 0.29) is 23.7 Å². The zero-order valence-corrected chi connectivity index (χ0v) is 15.9. The largest absolute Gasteiger partial charge is 0.508 e. The smallest absolute Gasteiger partial charge is 0.225 e. The van der Waals surface area contributed by atoms with Crippen molar-refractivity contribution >= 4 is 11.8 Å². The lowest BCUT2D eigenvalue weighted by Gasteiger charge is -2.37. The Labute approximate surface area is 156 Å². The standard InChI is InChI=1S/C21H30N2O3/c1-15(2)20(25)22-13-9-18(10-14-22)21(26)23-11-7-17(8-12-23)16-3-5-19(24)6-4-16/h3-6,15,17-18,24H,7-14H2,1-2H3. The van der Waals surface area contributed by atoms with Gasteiger partial charge in [0.05, 0.1) is 0 Å². The molecule has 0 saturated carbocycles. The zero-order chi connectivity index (χ0) is 18.7. The van der Waals surface area contributed by atoms with Crippen molar-refractivity contribution in [2.24, 2.45) is 11.8 Å². The number of phenols is 1. The molecule has 0 atom stereocenters. The average molecular weight is 358 g/mol. The number of amides is 2. The molecule has 0 spiro atoms. The maximum atomic E-state index is 12.8. The molecule has 1 N–H and O–H groups in total. The summed E-state index contributed by atoms with van der Waals surface area (Å²) in [5.41, 5.74) is 1.25. The summed E-state index contributed by atoms with van der Waals surface area (Å²) < 4.78 is 0. The third kappa shape index (κ3) is 4.19. The highest BCUT2D eigenvalue weighted by molar-refractivity contribution is 5.81. The number of aromatic hydroxyl groups is 1.